The predicted octanol–water partition coefficient (Wildman–Crippen LogP) is 2.69. The summed E-state index contributed by atoms with van der Waals surface area (Å²) in [6.45, 7) is 5.81. The van der Waals surface area contributed by atoms with Crippen molar-refractivity contribution in [3.8, 4) is 0 Å². The van der Waals surface area contributed by atoms with Gasteiger partial charge in [-0.3, -0.25) is 9.69 Å². The molecule has 1 amide bonds. The molecule has 1 aromatic rings. The quantitative estimate of drug-likeness (QED) is 0.807. The van der Waals surface area contributed by atoms with E-state index in [1.807, 2.05) is 0 Å². The molecule has 0 bridgehead atoms. The molecule has 0 fully saturated rings. The van der Waals surface area contributed by atoms with Crippen LogP contribution in [0.5, 0.6) is 0 Å². The van der Waals surface area contributed by atoms with Crippen LogP contribution in [0.2, 0.25) is 0 Å². The molecule has 0 unspecified atom stereocenters. The third-order valence-corrected chi connectivity index (χ3v) is 3.74. The van der Waals surface area contributed by atoms with Gasteiger partial charge in [-0.2, -0.15) is 0 Å². The van der Waals surface area contributed by atoms with E-state index in [0.29, 0.717) is 17.4 Å². The fraction of sp³-hybridized carbons (Fsp3) is 0.583. The summed E-state index contributed by atoms with van der Waals surface area (Å²) in [5.74, 6) is -1.09. The minimum Gasteiger partial charge on any atom is -0.477 e. The van der Waals surface area contributed by atoms with E-state index in [1.54, 1.807) is 11.8 Å². The second-order valence-electron chi connectivity index (χ2n) is 4.09. The molecule has 18 heavy (non-hydrogen) atoms. The Morgan fingerprint density at radius 2 is 2.06 bits per heavy atom. The first-order chi connectivity index (χ1) is 8.47. The lowest BCUT2D eigenvalue weighted by Gasteiger charge is -2.17. The van der Waals surface area contributed by atoms with Crippen molar-refractivity contribution >= 4 is 28.3 Å². The SMILES string of the molecule is CCCCCN(C(C)=O)c1nc(C)c(C(=O)O)s1. The van der Waals surface area contributed by atoms with Crippen LogP contribution >= 0.6 is 11.3 Å². The Labute approximate surface area is 110 Å². The highest BCUT2D eigenvalue weighted by Gasteiger charge is 2.20. The number of carboxylic acids is 1. The van der Waals surface area contributed by atoms with Gasteiger partial charge in [0.1, 0.15) is 4.88 Å². The second kappa shape index (κ2) is 6.49. The molecule has 0 aromatic carbocycles. The Hall–Kier alpha value is -1.43. The molecule has 0 aliphatic rings. The number of nitrogens with zero attached hydrogens (tertiary/aromatic N) is 2. The summed E-state index contributed by atoms with van der Waals surface area (Å²) in [4.78, 5) is 28.5. The van der Waals surface area contributed by atoms with Gasteiger partial charge in [-0.1, -0.05) is 31.1 Å². The summed E-state index contributed by atoms with van der Waals surface area (Å²) in [6, 6.07) is 0. The average molecular weight is 270 g/mol. The molecular weight excluding hydrogens is 252 g/mol. The minimum absolute atomic E-state index is 0.100. The number of carboxylic acid groups (broad SMARTS) is 1. The lowest BCUT2D eigenvalue weighted by atomic mass is 10.2. The number of anilines is 1. The number of hydrogen-bond donors (Lipinski definition) is 1. The van der Waals surface area contributed by atoms with Gasteiger partial charge in [0.15, 0.2) is 5.13 Å². The largest absolute Gasteiger partial charge is 0.477 e. The van der Waals surface area contributed by atoms with E-state index >= 15 is 0 Å². The molecule has 0 spiro atoms. The van der Waals surface area contributed by atoms with Crippen molar-refractivity contribution in [3.63, 3.8) is 0 Å². The smallest absolute Gasteiger partial charge is 0.347 e. The summed E-state index contributed by atoms with van der Waals surface area (Å²) in [5, 5.41) is 9.46. The van der Waals surface area contributed by atoms with Crippen LogP contribution in [0, 0.1) is 6.92 Å². The zero-order valence-electron chi connectivity index (χ0n) is 10.9. The minimum atomic E-state index is -0.992. The molecule has 0 saturated carbocycles. The molecule has 1 aromatic heterocycles. The summed E-state index contributed by atoms with van der Waals surface area (Å²) >= 11 is 1.06. The molecule has 0 saturated heterocycles. The Kier molecular flexibility index (Phi) is 5.27. The van der Waals surface area contributed by atoms with E-state index in [0.717, 1.165) is 30.6 Å². The van der Waals surface area contributed by atoms with Gasteiger partial charge in [0.2, 0.25) is 5.91 Å². The third kappa shape index (κ3) is 3.53. The van der Waals surface area contributed by atoms with Crippen molar-refractivity contribution in [1.29, 1.82) is 0 Å². The number of aromatic carboxylic acids is 1. The molecule has 1 N–H and O–H groups in total. The second-order valence-corrected chi connectivity index (χ2v) is 5.07. The molecule has 1 rings (SSSR count). The highest BCUT2D eigenvalue weighted by Crippen LogP contribution is 2.26. The summed E-state index contributed by atoms with van der Waals surface area (Å²) < 4.78 is 0. The monoisotopic (exact) mass is 270 g/mol. The van der Waals surface area contributed by atoms with Crippen LogP contribution in [-0.2, 0) is 4.79 Å². The number of hydrogen-bond acceptors (Lipinski definition) is 4. The van der Waals surface area contributed by atoms with Crippen LogP contribution in [-0.4, -0.2) is 28.5 Å². The summed E-state index contributed by atoms with van der Waals surface area (Å²) in [7, 11) is 0. The maximum Gasteiger partial charge on any atom is 0.347 e. The van der Waals surface area contributed by atoms with Gasteiger partial charge >= 0.3 is 5.97 Å². The maximum absolute atomic E-state index is 11.6. The number of amides is 1. The normalized spacial score (nSPS) is 10.4. The Morgan fingerprint density at radius 1 is 1.39 bits per heavy atom. The Morgan fingerprint density at radius 3 is 2.50 bits per heavy atom. The third-order valence-electron chi connectivity index (χ3n) is 2.58. The van der Waals surface area contributed by atoms with Gasteiger partial charge in [-0.25, -0.2) is 9.78 Å². The number of aryl methyl sites for hydroxylation is 1. The fourth-order valence-electron chi connectivity index (χ4n) is 1.60. The zero-order chi connectivity index (χ0) is 13.7. The number of aromatic nitrogens is 1. The number of unbranched alkanes of at least 4 members (excludes halogenated alkanes) is 2. The molecule has 0 radical (unpaired) electrons. The lowest BCUT2D eigenvalue weighted by molar-refractivity contribution is -0.116. The van der Waals surface area contributed by atoms with E-state index in [9.17, 15) is 9.59 Å². The van der Waals surface area contributed by atoms with Crippen molar-refractivity contribution in [3.05, 3.63) is 10.6 Å². The number of rotatable bonds is 6. The first-order valence-corrected chi connectivity index (χ1v) is 6.77. The molecule has 5 nitrogen and oxygen atoms in total. The number of carbonyl (C=O) groups is 2. The number of thiazole rings is 1. The van der Waals surface area contributed by atoms with Crippen molar-refractivity contribution in [2.24, 2.45) is 0 Å². The van der Waals surface area contributed by atoms with E-state index in [-0.39, 0.29) is 10.8 Å². The predicted molar refractivity (Wildman–Crippen MR) is 71.4 cm³/mol. The van der Waals surface area contributed by atoms with Crippen molar-refractivity contribution in [2.45, 2.75) is 40.0 Å². The molecule has 6 heteroatoms. The zero-order valence-corrected chi connectivity index (χ0v) is 11.7. The summed E-state index contributed by atoms with van der Waals surface area (Å²) in [5.41, 5.74) is 0.462. The van der Waals surface area contributed by atoms with Crippen LogP contribution in [0.25, 0.3) is 0 Å². The van der Waals surface area contributed by atoms with Gasteiger partial charge in [-0.05, 0) is 13.3 Å². The van der Waals surface area contributed by atoms with Crippen molar-refractivity contribution in [1.82, 2.24) is 4.98 Å². The van der Waals surface area contributed by atoms with Crippen LogP contribution in [0.15, 0.2) is 0 Å². The first-order valence-electron chi connectivity index (χ1n) is 5.96. The van der Waals surface area contributed by atoms with E-state index in [2.05, 4.69) is 11.9 Å². The standard InChI is InChI=1S/C12H18N2O3S/c1-4-5-6-7-14(9(3)15)12-13-8(2)10(18-12)11(16)17/h4-7H2,1-3H3,(H,16,17). The van der Waals surface area contributed by atoms with Crippen molar-refractivity contribution < 1.29 is 14.7 Å². The maximum atomic E-state index is 11.6. The van der Waals surface area contributed by atoms with Gasteiger partial charge in [-0.15, -0.1) is 0 Å². The molecular formula is C12H18N2O3S. The van der Waals surface area contributed by atoms with Crippen molar-refractivity contribution in [2.75, 3.05) is 11.4 Å². The number of carbonyl (C=O) groups excluding carboxylic acids is 1. The van der Waals surface area contributed by atoms with Crippen LogP contribution in [0.4, 0.5) is 5.13 Å². The van der Waals surface area contributed by atoms with Gasteiger partial charge in [0.05, 0.1) is 5.69 Å². The van der Waals surface area contributed by atoms with Gasteiger partial charge < -0.3 is 5.11 Å². The van der Waals surface area contributed by atoms with Crippen LogP contribution in [0.1, 0.15) is 48.5 Å². The highest BCUT2D eigenvalue weighted by molar-refractivity contribution is 7.17. The first kappa shape index (κ1) is 14.6. The van der Waals surface area contributed by atoms with Gasteiger partial charge in [0, 0.05) is 13.5 Å². The molecule has 100 valence electrons. The Balaban J connectivity index is 2.89. The molecule has 1 heterocycles. The average Bonchev–Trinajstić information content (AvgIpc) is 2.66. The van der Waals surface area contributed by atoms with Crippen LogP contribution < -0.4 is 4.90 Å². The Bertz CT molecular complexity index is 443. The van der Waals surface area contributed by atoms with E-state index in [4.69, 9.17) is 5.11 Å². The molecule has 0 atom stereocenters. The lowest BCUT2D eigenvalue weighted by Crippen LogP contribution is -2.29. The highest BCUT2D eigenvalue weighted by atomic mass is 32.1. The van der Waals surface area contributed by atoms with E-state index in [1.165, 1.54) is 6.92 Å². The molecule has 0 aliphatic carbocycles. The molecule has 0 aliphatic heterocycles. The topological polar surface area (TPSA) is 70.5 Å². The summed E-state index contributed by atoms with van der Waals surface area (Å²) in [6.07, 6.45) is 3.01. The van der Waals surface area contributed by atoms with Crippen LogP contribution in [0.3, 0.4) is 0 Å². The van der Waals surface area contributed by atoms with E-state index < -0.39 is 5.97 Å². The fourth-order valence-corrected chi connectivity index (χ4v) is 2.58. The van der Waals surface area contributed by atoms with Gasteiger partial charge in [0.25, 0.3) is 0 Å².